The van der Waals surface area contributed by atoms with Crippen LogP contribution in [-0.2, 0) is 0 Å². The Hall–Kier alpha value is -2.08. The quantitative estimate of drug-likeness (QED) is 0.458. The van der Waals surface area contributed by atoms with E-state index in [9.17, 15) is 0 Å². The zero-order valence-electron chi connectivity index (χ0n) is 15.5. The van der Waals surface area contributed by atoms with Crippen molar-refractivity contribution in [3.63, 3.8) is 0 Å². The molecule has 0 aliphatic heterocycles. The van der Waals surface area contributed by atoms with Gasteiger partial charge in [-0.3, -0.25) is 0 Å². The molecule has 24 heavy (non-hydrogen) atoms. The van der Waals surface area contributed by atoms with E-state index in [1.165, 1.54) is 48.8 Å². The monoisotopic (exact) mass is 320 g/mol. The smallest absolute Gasteiger partial charge is 0.0231 e. The van der Waals surface area contributed by atoms with Crippen LogP contribution in [0.2, 0.25) is 0 Å². The molecule has 0 fully saturated rings. The highest BCUT2D eigenvalue weighted by Crippen LogP contribution is 2.09. The molecule has 0 aromatic heterocycles. The van der Waals surface area contributed by atoms with Crippen LogP contribution in [0.5, 0.6) is 0 Å². The number of aryl methyl sites for hydroxylation is 1. The maximum atomic E-state index is 2.25. The summed E-state index contributed by atoms with van der Waals surface area (Å²) in [5, 5.41) is 0. The lowest BCUT2D eigenvalue weighted by Gasteiger charge is -1.97. The molecule has 0 heteroatoms. The Morgan fingerprint density at radius 3 is 2.04 bits per heavy atom. The fraction of sp³-hybridized carbons (Fsp3) is 0.333. The van der Waals surface area contributed by atoms with E-state index >= 15 is 0 Å². The Balaban J connectivity index is 0.000000240. The molecule has 0 unspecified atom stereocenters. The van der Waals surface area contributed by atoms with Crippen LogP contribution in [0, 0.1) is 6.92 Å². The molecule has 0 nitrogen and oxygen atoms in total. The number of hydrogen-bond donors (Lipinski definition) is 0. The molecular weight excluding hydrogens is 288 g/mol. The van der Waals surface area contributed by atoms with E-state index in [4.69, 9.17) is 0 Å². The topological polar surface area (TPSA) is 0 Å². The lowest BCUT2D eigenvalue weighted by atomic mass is 10.1. The number of benzene rings is 2. The Labute approximate surface area is 148 Å². The lowest BCUT2D eigenvalue weighted by Crippen LogP contribution is -1.77. The molecule has 2 aromatic rings. The van der Waals surface area contributed by atoms with Crippen molar-refractivity contribution < 1.29 is 0 Å². The molecule has 2 aromatic carbocycles. The maximum Gasteiger partial charge on any atom is -0.0231 e. The van der Waals surface area contributed by atoms with E-state index in [0.29, 0.717) is 0 Å². The maximum absolute atomic E-state index is 2.25. The van der Waals surface area contributed by atoms with Crippen LogP contribution in [-0.4, -0.2) is 0 Å². The molecular formula is C24H32. The molecule has 0 radical (unpaired) electrons. The van der Waals surface area contributed by atoms with Crippen LogP contribution >= 0.6 is 0 Å². The Bertz CT molecular complexity index is 590. The lowest BCUT2D eigenvalue weighted by molar-refractivity contribution is 0.816. The highest BCUT2D eigenvalue weighted by molar-refractivity contribution is 5.53. The normalized spacial score (nSPS) is 10.8. The van der Waals surface area contributed by atoms with Crippen molar-refractivity contribution in [3.8, 4) is 0 Å². The predicted molar refractivity (Wildman–Crippen MR) is 110 cm³/mol. The van der Waals surface area contributed by atoms with Gasteiger partial charge in [0.15, 0.2) is 0 Å². The van der Waals surface area contributed by atoms with Crippen LogP contribution in [0.25, 0.3) is 12.2 Å². The van der Waals surface area contributed by atoms with Gasteiger partial charge in [-0.15, -0.1) is 0 Å². The van der Waals surface area contributed by atoms with E-state index in [0.717, 1.165) is 0 Å². The molecule has 2 rings (SSSR count). The minimum atomic E-state index is 1.17. The molecule has 0 heterocycles. The first-order valence-electron chi connectivity index (χ1n) is 9.21. The molecule has 0 amide bonds. The highest BCUT2D eigenvalue weighted by atomic mass is 13.9. The first-order valence-corrected chi connectivity index (χ1v) is 9.21. The van der Waals surface area contributed by atoms with E-state index in [2.05, 4.69) is 93.6 Å². The number of rotatable bonds is 7. The summed E-state index contributed by atoms with van der Waals surface area (Å²) in [6.45, 7) is 6.56. The van der Waals surface area contributed by atoms with E-state index < -0.39 is 0 Å². The third kappa shape index (κ3) is 9.15. The van der Waals surface area contributed by atoms with Crippen molar-refractivity contribution in [1.82, 2.24) is 0 Å². The Morgan fingerprint density at radius 1 is 0.708 bits per heavy atom. The van der Waals surface area contributed by atoms with Crippen molar-refractivity contribution in [2.24, 2.45) is 0 Å². The summed E-state index contributed by atoms with van der Waals surface area (Å²) in [7, 11) is 0. The molecule has 128 valence electrons. The Morgan fingerprint density at radius 2 is 1.38 bits per heavy atom. The molecule has 0 saturated heterocycles. The van der Waals surface area contributed by atoms with Gasteiger partial charge in [0.25, 0.3) is 0 Å². The van der Waals surface area contributed by atoms with Crippen molar-refractivity contribution in [2.75, 3.05) is 0 Å². The number of unbranched alkanes of at least 4 members (excludes halogenated alkanes) is 3. The largest absolute Gasteiger partial charge is 0.0839 e. The second-order valence-corrected chi connectivity index (χ2v) is 6.00. The van der Waals surface area contributed by atoms with Gasteiger partial charge in [0.05, 0.1) is 0 Å². The number of hydrogen-bond acceptors (Lipinski definition) is 0. The summed E-state index contributed by atoms with van der Waals surface area (Å²) in [6.07, 6.45) is 15.1. The molecule has 0 bridgehead atoms. The highest BCUT2D eigenvalue weighted by Gasteiger charge is 1.89. The third-order valence-electron chi connectivity index (χ3n) is 3.78. The average Bonchev–Trinajstić information content (AvgIpc) is 2.62. The van der Waals surface area contributed by atoms with Crippen LogP contribution < -0.4 is 0 Å². The Kier molecular flexibility index (Phi) is 11.1. The minimum absolute atomic E-state index is 1.17. The van der Waals surface area contributed by atoms with Crippen molar-refractivity contribution >= 4 is 12.2 Å². The molecule has 0 aliphatic rings. The summed E-state index contributed by atoms with van der Waals surface area (Å²) < 4.78 is 0. The van der Waals surface area contributed by atoms with E-state index in [1.807, 2.05) is 6.07 Å². The fourth-order valence-electron chi connectivity index (χ4n) is 2.26. The van der Waals surface area contributed by atoms with Crippen LogP contribution in [0.15, 0.2) is 66.7 Å². The van der Waals surface area contributed by atoms with Crippen molar-refractivity contribution in [2.45, 2.75) is 52.9 Å². The summed E-state index contributed by atoms with van der Waals surface area (Å²) in [5.74, 6) is 0. The third-order valence-corrected chi connectivity index (χ3v) is 3.78. The van der Waals surface area contributed by atoms with Gasteiger partial charge in [0, 0.05) is 0 Å². The minimum Gasteiger partial charge on any atom is -0.0839 e. The van der Waals surface area contributed by atoms with Crippen LogP contribution in [0.3, 0.4) is 0 Å². The SMILES string of the molecule is CCCC=Cc1ccccc1C.CCCCC=Cc1ccccc1. The summed E-state index contributed by atoms with van der Waals surface area (Å²) in [4.78, 5) is 0. The second-order valence-electron chi connectivity index (χ2n) is 6.00. The average molecular weight is 321 g/mol. The zero-order chi connectivity index (χ0) is 17.5. The summed E-state index contributed by atoms with van der Waals surface area (Å²) >= 11 is 0. The van der Waals surface area contributed by atoms with Gasteiger partial charge in [-0.1, -0.05) is 112 Å². The van der Waals surface area contributed by atoms with E-state index in [1.54, 1.807) is 0 Å². The van der Waals surface area contributed by atoms with Crippen molar-refractivity contribution in [3.05, 3.63) is 83.4 Å². The predicted octanol–water partition coefficient (Wildman–Crippen LogP) is 7.70. The standard InChI is InChI=1S/2C12H16/c1-3-4-5-9-12-10-7-6-8-11(12)2;1-2-3-4-6-9-12-10-7-5-8-11-12/h5-10H,3-4H2,1-2H3;5-11H,2-4H2,1H3. The van der Waals surface area contributed by atoms with Gasteiger partial charge in [-0.05, 0) is 36.5 Å². The summed E-state index contributed by atoms with van der Waals surface area (Å²) in [6, 6.07) is 18.9. The van der Waals surface area contributed by atoms with Gasteiger partial charge in [-0.2, -0.15) is 0 Å². The molecule has 0 atom stereocenters. The van der Waals surface area contributed by atoms with Gasteiger partial charge in [-0.25, -0.2) is 0 Å². The first-order chi connectivity index (χ1) is 11.8. The van der Waals surface area contributed by atoms with Gasteiger partial charge < -0.3 is 0 Å². The van der Waals surface area contributed by atoms with Crippen LogP contribution in [0.1, 0.15) is 62.6 Å². The molecule has 0 N–H and O–H groups in total. The first kappa shape index (κ1) is 20.0. The molecule has 0 saturated carbocycles. The van der Waals surface area contributed by atoms with Gasteiger partial charge in [0.1, 0.15) is 0 Å². The van der Waals surface area contributed by atoms with Gasteiger partial charge >= 0.3 is 0 Å². The zero-order valence-corrected chi connectivity index (χ0v) is 15.5. The second kappa shape index (κ2) is 13.4. The van der Waals surface area contributed by atoms with Crippen molar-refractivity contribution in [1.29, 1.82) is 0 Å². The van der Waals surface area contributed by atoms with Gasteiger partial charge in [0.2, 0.25) is 0 Å². The van der Waals surface area contributed by atoms with Crippen LogP contribution in [0.4, 0.5) is 0 Å². The fourth-order valence-corrected chi connectivity index (χ4v) is 2.26. The summed E-state index contributed by atoms with van der Waals surface area (Å²) in [5.41, 5.74) is 3.99. The number of allylic oxidation sites excluding steroid dienone is 2. The van der Waals surface area contributed by atoms with E-state index in [-0.39, 0.29) is 0 Å². The molecule has 0 aliphatic carbocycles. The molecule has 0 spiro atoms.